The molecule has 3 aromatic rings. The number of hydrogen-bond acceptors (Lipinski definition) is 7. The molecule has 20 heavy (non-hydrogen) atoms. The SMILES string of the molecule is Nc1nccnc1SCc1nc(N)c2ccccc2n1. The fraction of sp³-hybridized carbons (Fsp3) is 0.0769. The standard InChI is InChI=1S/C13H12N6S/c14-11-8-3-1-2-4-9(8)18-10(19-11)7-20-13-12(15)16-5-6-17-13/h1-6H,7H2,(H2,15,16)(H2,14,18,19). The zero-order chi connectivity index (χ0) is 13.9. The zero-order valence-electron chi connectivity index (χ0n) is 10.5. The maximum absolute atomic E-state index is 5.94. The van der Waals surface area contributed by atoms with E-state index in [1.165, 1.54) is 11.8 Å². The molecule has 0 fully saturated rings. The van der Waals surface area contributed by atoms with Gasteiger partial charge in [-0.2, -0.15) is 0 Å². The maximum atomic E-state index is 5.94. The van der Waals surface area contributed by atoms with Gasteiger partial charge in [-0.1, -0.05) is 23.9 Å². The Bertz CT molecular complexity index is 761. The van der Waals surface area contributed by atoms with Crippen molar-refractivity contribution in [1.29, 1.82) is 0 Å². The van der Waals surface area contributed by atoms with Crippen molar-refractivity contribution in [3.05, 3.63) is 42.5 Å². The van der Waals surface area contributed by atoms with Crippen molar-refractivity contribution in [1.82, 2.24) is 19.9 Å². The molecule has 0 atom stereocenters. The summed E-state index contributed by atoms with van der Waals surface area (Å²) in [6.45, 7) is 0. The summed E-state index contributed by atoms with van der Waals surface area (Å²) < 4.78 is 0. The summed E-state index contributed by atoms with van der Waals surface area (Å²) in [5.74, 6) is 2.08. The Morgan fingerprint density at radius 3 is 2.60 bits per heavy atom. The number of aromatic nitrogens is 4. The van der Waals surface area contributed by atoms with Crippen molar-refractivity contribution >= 4 is 34.3 Å². The Labute approximate surface area is 119 Å². The van der Waals surface area contributed by atoms with Crippen LogP contribution in [0.2, 0.25) is 0 Å². The first kappa shape index (κ1) is 12.6. The van der Waals surface area contributed by atoms with Gasteiger partial charge in [-0.15, -0.1) is 0 Å². The van der Waals surface area contributed by atoms with Crippen molar-refractivity contribution in [3.8, 4) is 0 Å². The third-order valence-electron chi connectivity index (χ3n) is 2.71. The summed E-state index contributed by atoms with van der Waals surface area (Å²) in [6, 6.07) is 7.66. The van der Waals surface area contributed by atoms with Gasteiger partial charge in [0, 0.05) is 17.8 Å². The predicted molar refractivity (Wildman–Crippen MR) is 80.0 cm³/mol. The lowest BCUT2D eigenvalue weighted by molar-refractivity contribution is 1.05. The Morgan fingerprint density at radius 2 is 1.75 bits per heavy atom. The van der Waals surface area contributed by atoms with Crippen LogP contribution in [0, 0.1) is 0 Å². The van der Waals surface area contributed by atoms with Crippen LogP contribution in [0.4, 0.5) is 11.6 Å². The lowest BCUT2D eigenvalue weighted by atomic mass is 10.2. The fourth-order valence-electron chi connectivity index (χ4n) is 1.80. The van der Waals surface area contributed by atoms with Gasteiger partial charge in [0.25, 0.3) is 0 Å². The second kappa shape index (κ2) is 5.30. The number of nitrogens with zero attached hydrogens (tertiary/aromatic N) is 4. The number of fused-ring (bicyclic) bond motifs is 1. The van der Waals surface area contributed by atoms with E-state index in [4.69, 9.17) is 11.5 Å². The molecule has 0 aliphatic carbocycles. The predicted octanol–water partition coefficient (Wildman–Crippen LogP) is 1.88. The maximum Gasteiger partial charge on any atom is 0.156 e. The van der Waals surface area contributed by atoms with Crippen LogP contribution < -0.4 is 11.5 Å². The van der Waals surface area contributed by atoms with Crippen LogP contribution in [0.25, 0.3) is 10.9 Å². The van der Waals surface area contributed by atoms with Crippen LogP contribution in [0.5, 0.6) is 0 Å². The van der Waals surface area contributed by atoms with Crippen LogP contribution in [0.1, 0.15) is 5.82 Å². The average Bonchev–Trinajstić information content (AvgIpc) is 2.46. The summed E-state index contributed by atoms with van der Waals surface area (Å²) in [7, 11) is 0. The van der Waals surface area contributed by atoms with Gasteiger partial charge >= 0.3 is 0 Å². The number of thioether (sulfide) groups is 1. The Hall–Kier alpha value is -2.41. The van der Waals surface area contributed by atoms with E-state index in [2.05, 4.69) is 19.9 Å². The summed E-state index contributed by atoms with van der Waals surface area (Å²) in [5, 5.41) is 1.53. The number of nitrogens with two attached hydrogens (primary N) is 2. The molecule has 7 heteroatoms. The van der Waals surface area contributed by atoms with E-state index in [0.29, 0.717) is 28.2 Å². The minimum atomic E-state index is 0.409. The number of rotatable bonds is 3. The lowest BCUT2D eigenvalue weighted by Gasteiger charge is -2.05. The molecule has 0 saturated carbocycles. The molecule has 4 N–H and O–H groups in total. The third kappa shape index (κ3) is 2.48. The lowest BCUT2D eigenvalue weighted by Crippen LogP contribution is -2.01. The molecule has 100 valence electrons. The van der Waals surface area contributed by atoms with Gasteiger partial charge in [-0.05, 0) is 12.1 Å². The van der Waals surface area contributed by atoms with E-state index in [9.17, 15) is 0 Å². The molecule has 2 aromatic heterocycles. The second-order valence-electron chi connectivity index (χ2n) is 4.08. The van der Waals surface area contributed by atoms with Gasteiger partial charge < -0.3 is 11.5 Å². The van der Waals surface area contributed by atoms with E-state index < -0.39 is 0 Å². The molecule has 0 saturated heterocycles. The minimum absolute atomic E-state index is 0.409. The van der Waals surface area contributed by atoms with Gasteiger partial charge in [0.1, 0.15) is 16.7 Å². The molecule has 2 heterocycles. The van der Waals surface area contributed by atoms with Gasteiger partial charge in [0.05, 0.1) is 11.3 Å². The van der Waals surface area contributed by atoms with Crippen molar-refractivity contribution in [2.24, 2.45) is 0 Å². The van der Waals surface area contributed by atoms with E-state index in [0.717, 1.165) is 10.9 Å². The molecule has 0 bridgehead atoms. The van der Waals surface area contributed by atoms with E-state index in [1.54, 1.807) is 12.4 Å². The summed E-state index contributed by atoms with van der Waals surface area (Å²) in [4.78, 5) is 16.9. The Kier molecular flexibility index (Phi) is 3.34. The van der Waals surface area contributed by atoms with Gasteiger partial charge in [0.2, 0.25) is 0 Å². The number of benzene rings is 1. The van der Waals surface area contributed by atoms with Crippen LogP contribution in [-0.4, -0.2) is 19.9 Å². The molecule has 0 radical (unpaired) electrons. The number of nitrogen functional groups attached to an aromatic ring is 2. The largest absolute Gasteiger partial charge is 0.383 e. The molecule has 0 aliphatic rings. The third-order valence-corrected chi connectivity index (χ3v) is 3.70. The molecule has 6 nitrogen and oxygen atoms in total. The normalized spacial score (nSPS) is 10.8. The van der Waals surface area contributed by atoms with E-state index >= 15 is 0 Å². The Morgan fingerprint density at radius 1 is 0.950 bits per heavy atom. The highest BCUT2D eigenvalue weighted by atomic mass is 32.2. The average molecular weight is 284 g/mol. The van der Waals surface area contributed by atoms with Crippen molar-refractivity contribution in [2.45, 2.75) is 10.8 Å². The van der Waals surface area contributed by atoms with Crippen LogP contribution >= 0.6 is 11.8 Å². The molecular formula is C13H12N6S. The summed E-state index contributed by atoms with van der Waals surface area (Å²) in [6.07, 6.45) is 3.16. The van der Waals surface area contributed by atoms with Gasteiger partial charge in [0.15, 0.2) is 5.82 Å². The first-order valence-corrected chi connectivity index (χ1v) is 6.93. The monoisotopic (exact) mass is 284 g/mol. The Balaban J connectivity index is 1.86. The number of para-hydroxylation sites is 1. The second-order valence-corrected chi connectivity index (χ2v) is 5.04. The molecule has 3 rings (SSSR count). The van der Waals surface area contributed by atoms with Gasteiger partial charge in [-0.25, -0.2) is 19.9 Å². The highest BCUT2D eigenvalue weighted by Crippen LogP contribution is 2.24. The van der Waals surface area contributed by atoms with E-state index in [1.807, 2.05) is 24.3 Å². The van der Waals surface area contributed by atoms with Crippen molar-refractivity contribution in [2.75, 3.05) is 11.5 Å². The van der Waals surface area contributed by atoms with Crippen LogP contribution in [0.3, 0.4) is 0 Å². The van der Waals surface area contributed by atoms with E-state index in [-0.39, 0.29) is 0 Å². The van der Waals surface area contributed by atoms with Gasteiger partial charge in [-0.3, -0.25) is 0 Å². The fourth-order valence-corrected chi connectivity index (χ4v) is 2.53. The minimum Gasteiger partial charge on any atom is -0.383 e. The highest BCUT2D eigenvalue weighted by Gasteiger charge is 2.07. The van der Waals surface area contributed by atoms with Crippen molar-refractivity contribution in [3.63, 3.8) is 0 Å². The summed E-state index contributed by atoms with van der Waals surface area (Å²) in [5.41, 5.74) is 12.5. The highest BCUT2D eigenvalue weighted by molar-refractivity contribution is 7.98. The summed E-state index contributed by atoms with van der Waals surface area (Å²) >= 11 is 1.44. The molecule has 0 amide bonds. The number of hydrogen-bond donors (Lipinski definition) is 2. The quantitative estimate of drug-likeness (QED) is 0.707. The van der Waals surface area contributed by atoms with Crippen LogP contribution in [-0.2, 0) is 5.75 Å². The first-order valence-electron chi connectivity index (χ1n) is 5.94. The first-order chi connectivity index (χ1) is 9.74. The van der Waals surface area contributed by atoms with Crippen molar-refractivity contribution < 1.29 is 0 Å². The molecule has 1 aromatic carbocycles. The smallest absolute Gasteiger partial charge is 0.156 e. The molecule has 0 aliphatic heterocycles. The number of anilines is 2. The zero-order valence-corrected chi connectivity index (χ0v) is 11.3. The molecular weight excluding hydrogens is 272 g/mol. The molecule has 0 unspecified atom stereocenters. The topological polar surface area (TPSA) is 104 Å². The van der Waals surface area contributed by atoms with Crippen LogP contribution in [0.15, 0.2) is 41.7 Å². The molecule has 0 spiro atoms.